The number of ether oxygens (including phenoxy) is 3. The van der Waals surface area contributed by atoms with Crippen LogP contribution in [0.5, 0.6) is 17.2 Å². The summed E-state index contributed by atoms with van der Waals surface area (Å²) in [5.74, 6) is 0.443. The summed E-state index contributed by atoms with van der Waals surface area (Å²) in [4.78, 5) is -0.274. The minimum Gasteiger partial charge on any atom is -0.497 e. The monoisotopic (exact) mass is 369 g/mol. The van der Waals surface area contributed by atoms with Crippen molar-refractivity contribution in [3.05, 3.63) is 47.8 Å². The molecule has 0 saturated heterocycles. The van der Waals surface area contributed by atoms with Crippen LogP contribution in [0, 0.1) is 5.82 Å². The second-order valence-corrected chi connectivity index (χ2v) is 6.93. The van der Waals surface area contributed by atoms with E-state index in [1.54, 1.807) is 25.1 Å². The largest absolute Gasteiger partial charge is 0.497 e. The summed E-state index contributed by atoms with van der Waals surface area (Å²) in [6.07, 6.45) is 0. The zero-order valence-corrected chi connectivity index (χ0v) is 15.2. The molecule has 0 radical (unpaired) electrons. The van der Waals surface area contributed by atoms with Crippen LogP contribution in [-0.2, 0) is 10.0 Å². The molecule has 0 aliphatic rings. The van der Waals surface area contributed by atoms with Gasteiger partial charge in [0.2, 0.25) is 10.0 Å². The minimum atomic E-state index is -4.03. The highest BCUT2D eigenvalue weighted by Crippen LogP contribution is 2.31. The Morgan fingerprint density at radius 3 is 2.20 bits per heavy atom. The SMILES string of the molecule is COc1ccc(OC)c([C@@H](C)NS(=O)(=O)c2cc(F)ccc2OC)c1. The number of halogens is 1. The molecule has 2 rings (SSSR count). The molecule has 0 aromatic heterocycles. The fourth-order valence-corrected chi connectivity index (χ4v) is 3.80. The Kier molecular flexibility index (Phi) is 5.86. The number of methoxy groups -OCH3 is 3. The van der Waals surface area contributed by atoms with Crippen LogP contribution < -0.4 is 18.9 Å². The lowest BCUT2D eigenvalue weighted by molar-refractivity contribution is 0.394. The average molecular weight is 369 g/mol. The summed E-state index contributed by atoms with van der Waals surface area (Å²) >= 11 is 0. The van der Waals surface area contributed by atoms with Gasteiger partial charge in [0.05, 0.1) is 21.3 Å². The second-order valence-electron chi connectivity index (χ2n) is 5.25. The molecule has 0 spiro atoms. The van der Waals surface area contributed by atoms with Crippen molar-refractivity contribution in [1.82, 2.24) is 4.72 Å². The van der Waals surface area contributed by atoms with Crippen LogP contribution >= 0.6 is 0 Å². The van der Waals surface area contributed by atoms with Crippen molar-refractivity contribution in [3.8, 4) is 17.2 Å². The van der Waals surface area contributed by atoms with Gasteiger partial charge in [-0.05, 0) is 43.3 Å². The van der Waals surface area contributed by atoms with Crippen molar-refractivity contribution < 1.29 is 27.0 Å². The number of nitrogens with one attached hydrogen (secondary N) is 1. The van der Waals surface area contributed by atoms with Gasteiger partial charge in [-0.25, -0.2) is 17.5 Å². The lowest BCUT2D eigenvalue weighted by Gasteiger charge is -2.19. The van der Waals surface area contributed by atoms with Gasteiger partial charge >= 0.3 is 0 Å². The molecular weight excluding hydrogens is 349 g/mol. The predicted molar refractivity (Wildman–Crippen MR) is 91.2 cm³/mol. The Bertz CT molecular complexity index is 854. The number of benzene rings is 2. The molecule has 0 bridgehead atoms. The number of hydrogen-bond donors (Lipinski definition) is 1. The van der Waals surface area contributed by atoms with Crippen LogP contribution in [0.15, 0.2) is 41.3 Å². The summed E-state index contributed by atoms with van der Waals surface area (Å²) in [7, 11) is 0.292. The average Bonchev–Trinajstić information content (AvgIpc) is 2.60. The van der Waals surface area contributed by atoms with E-state index in [2.05, 4.69) is 4.72 Å². The molecule has 0 heterocycles. The summed E-state index contributed by atoms with van der Waals surface area (Å²) in [6, 6.07) is 7.72. The standard InChI is InChI=1S/C17H20FNO5S/c1-11(14-10-13(22-2)6-8-15(14)23-3)19-25(20,21)17-9-12(18)5-7-16(17)24-4/h5-11,19H,1-4H3/t11-/m1/s1. The third-order valence-electron chi connectivity index (χ3n) is 3.65. The van der Waals surface area contributed by atoms with Gasteiger partial charge in [0.1, 0.15) is 28.0 Å². The molecule has 0 aliphatic heterocycles. The number of hydrogen-bond acceptors (Lipinski definition) is 5. The van der Waals surface area contributed by atoms with Crippen LogP contribution in [0.1, 0.15) is 18.5 Å². The molecule has 1 N–H and O–H groups in total. The van der Waals surface area contributed by atoms with Gasteiger partial charge in [0.15, 0.2) is 0 Å². The van der Waals surface area contributed by atoms with Crippen LogP contribution in [0.4, 0.5) is 4.39 Å². The van der Waals surface area contributed by atoms with E-state index in [0.717, 1.165) is 12.1 Å². The molecular formula is C17H20FNO5S. The molecule has 1 atom stereocenters. The van der Waals surface area contributed by atoms with Crippen LogP contribution in [0.3, 0.4) is 0 Å². The summed E-state index contributed by atoms with van der Waals surface area (Å²) < 4.78 is 56.8. The van der Waals surface area contributed by atoms with Gasteiger partial charge in [-0.3, -0.25) is 0 Å². The molecule has 0 saturated carbocycles. The molecule has 8 heteroatoms. The lowest BCUT2D eigenvalue weighted by Crippen LogP contribution is -2.27. The molecule has 25 heavy (non-hydrogen) atoms. The highest BCUT2D eigenvalue weighted by molar-refractivity contribution is 7.89. The van der Waals surface area contributed by atoms with E-state index in [9.17, 15) is 12.8 Å². The van der Waals surface area contributed by atoms with Gasteiger partial charge < -0.3 is 14.2 Å². The molecule has 6 nitrogen and oxygen atoms in total. The number of rotatable bonds is 7. The highest BCUT2D eigenvalue weighted by Gasteiger charge is 2.24. The first kappa shape index (κ1) is 19.0. The molecule has 2 aromatic carbocycles. The fourth-order valence-electron chi connectivity index (χ4n) is 2.40. The molecule has 0 aliphatic carbocycles. The van der Waals surface area contributed by atoms with Gasteiger partial charge in [0.25, 0.3) is 0 Å². The predicted octanol–water partition coefficient (Wildman–Crippen LogP) is 2.89. The van der Waals surface area contributed by atoms with E-state index in [-0.39, 0.29) is 10.6 Å². The smallest absolute Gasteiger partial charge is 0.244 e. The van der Waals surface area contributed by atoms with Crippen molar-refractivity contribution >= 4 is 10.0 Å². The van der Waals surface area contributed by atoms with Crippen LogP contribution in [-0.4, -0.2) is 29.7 Å². The maximum Gasteiger partial charge on any atom is 0.244 e. The Balaban J connectivity index is 2.40. The zero-order chi connectivity index (χ0) is 18.6. The van der Waals surface area contributed by atoms with Crippen molar-refractivity contribution in [2.75, 3.05) is 21.3 Å². The molecule has 2 aromatic rings. The second kappa shape index (κ2) is 7.71. The summed E-state index contributed by atoms with van der Waals surface area (Å²) in [5.41, 5.74) is 0.584. The van der Waals surface area contributed by atoms with E-state index in [4.69, 9.17) is 14.2 Å². The van der Waals surface area contributed by atoms with E-state index < -0.39 is 21.9 Å². The topological polar surface area (TPSA) is 73.9 Å². The Hall–Kier alpha value is -2.32. The maximum absolute atomic E-state index is 13.5. The molecule has 0 unspecified atom stereocenters. The van der Waals surface area contributed by atoms with Crippen molar-refractivity contribution in [2.24, 2.45) is 0 Å². The summed E-state index contributed by atoms with van der Waals surface area (Å²) in [5, 5.41) is 0. The Morgan fingerprint density at radius 2 is 1.60 bits per heavy atom. The van der Waals surface area contributed by atoms with Gasteiger partial charge in [-0.2, -0.15) is 0 Å². The Morgan fingerprint density at radius 1 is 0.960 bits per heavy atom. The first-order valence-electron chi connectivity index (χ1n) is 7.40. The quantitative estimate of drug-likeness (QED) is 0.812. The van der Waals surface area contributed by atoms with E-state index >= 15 is 0 Å². The number of sulfonamides is 1. The van der Waals surface area contributed by atoms with Crippen molar-refractivity contribution in [1.29, 1.82) is 0 Å². The van der Waals surface area contributed by atoms with Gasteiger partial charge in [0, 0.05) is 11.6 Å². The van der Waals surface area contributed by atoms with Gasteiger partial charge in [-0.15, -0.1) is 0 Å². The summed E-state index contributed by atoms with van der Waals surface area (Å²) in [6.45, 7) is 1.65. The van der Waals surface area contributed by atoms with Crippen molar-refractivity contribution in [2.45, 2.75) is 17.9 Å². The normalized spacial score (nSPS) is 12.5. The first-order valence-corrected chi connectivity index (χ1v) is 8.88. The van der Waals surface area contributed by atoms with Gasteiger partial charge in [-0.1, -0.05) is 0 Å². The maximum atomic E-state index is 13.5. The fraction of sp³-hybridized carbons (Fsp3) is 0.294. The zero-order valence-electron chi connectivity index (χ0n) is 14.4. The third-order valence-corrected chi connectivity index (χ3v) is 5.21. The van der Waals surface area contributed by atoms with Crippen molar-refractivity contribution in [3.63, 3.8) is 0 Å². The van der Waals surface area contributed by atoms with E-state index in [0.29, 0.717) is 17.1 Å². The highest BCUT2D eigenvalue weighted by atomic mass is 32.2. The Labute approximate surface area is 146 Å². The van der Waals surface area contributed by atoms with E-state index in [1.807, 2.05) is 0 Å². The van der Waals surface area contributed by atoms with Crippen LogP contribution in [0.2, 0.25) is 0 Å². The third kappa shape index (κ3) is 4.21. The molecule has 0 amide bonds. The molecule has 136 valence electrons. The van der Waals surface area contributed by atoms with Crippen LogP contribution in [0.25, 0.3) is 0 Å². The molecule has 0 fully saturated rings. The minimum absolute atomic E-state index is 0.0544. The first-order chi connectivity index (χ1) is 11.8. The van der Waals surface area contributed by atoms with E-state index in [1.165, 1.54) is 27.4 Å². The lowest BCUT2D eigenvalue weighted by atomic mass is 10.1.